The van der Waals surface area contributed by atoms with E-state index in [1.165, 1.54) is 6.07 Å². The Kier molecular flexibility index (Phi) is 7.85. The van der Waals surface area contributed by atoms with Gasteiger partial charge < -0.3 is 10.1 Å². The molecule has 0 bridgehead atoms. The third-order valence-corrected chi connectivity index (χ3v) is 6.34. The van der Waals surface area contributed by atoms with Crippen molar-refractivity contribution in [2.45, 2.75) is 10.9 Å². The van der Waals surface area contributed by atoms with Gasteiger partial charge in [-0.25, -0.2) is 4.79 Å². The SMILES string of the molecule is O=C(Nc1cccc(C(=O)O[C@@H](C(=O)c2ccccc2)[C@@H](Br)c2ccccc2)c1)c1ccccc1. The molecule has 174 valence electrons. The normalized spacial score (nSPS) is 12.3. The van der Waals surface area contributed by atoms with Gasteiger partial charge in [-0.3, -0.25) is 9.59 Å². The molecule has 5 nitrogen and oxygen atoms in total. The number of rotatable bonds is 8. The first-order valence-corrected chi connectivity index (χ1v) is 11.9. The molecule has 0 aliphatic rings. The highest BCUT2D eigenvalue weighted by Crippen LogP contribution is 2.31. The number of ketones is 1. The van der Waals surface area contributed by atoms with Crippen LogP contribution in [0.15, 0.2) is 115 Å². The Morgan fingerprint density at radius 2 is 1.20 bits per heavy atom. The molecule has 0 aliphatic heterocycles. The van der Waals surface area contributed by atoms with Gasteiger partial charge in [0.05, 0.1) is 10.4 Å². The van der Waals surface area contributed by atoms with Crippen LogP contribution in [0.4, 0.5) is 5.69 Å². The maximum atomic E-state index is 13.3. The second-order valence-corrected chi connectivity index (χ2v) is 8.76. The summed E-state index contributed by atoms with van der Waals surface area (Å²) in [6, 6.07) is 33.2. The molecule has 6 heteroatoms. The molecule has 0 unspecified atom stereocenters. The van der Waals surface area contributed by atoms with Gasteiger partial charge in [0.15, 0.2) is 6.10 Å². The van der Waals surface area contributed by atoms with E-state index in [0.29, 0.717) is 16.8 Å². The standard InChI is InChI=1S/C29H22BrNO4/c30-25(20-11-4-1-5-12-20)27(26(32)21-13-6-2-7-14-21)35-29(34)23-17-10-18-24(19-23)31-28(33)22-15-8-3-9-16-22/h1-19,25,27H,(H,31,33)/t25-,27+/m0/s1. The van der Waals surface area contributed by atoms with E-state index in [2.05, 4.69) is 21.2 Å². The van der Waals surface area contributed by atoms with E-state index in [1.54, 1.807) is 66.7 Å². The van der Waals surface area contributed by atoms with Crippen molar-refractivity contribution >= 4 is 39.3 Å². The number of benzene rings is 4. The maximum Gasteiger partial charge on any atom is 0.338 e. The zero-order valence-electron chi connectivity index (χ0n) is 18.6. The molecule has 35 heavy (non-hydrogen) atoms. The summed E-state index contributed by atoms with van der Waals surface area (Å²) in [5.74, 6) is -1.29. The smallest absolute Gasteiger partial charge is 0.338 e. The van der Waals surface area contributed by atoms with Crippen molar-refractivity contribution in [1.29, 1.82) is 0 Å². The molecule has 4 aromatic carbocycles. The fraction of sp³-hybridized carbons (Fsp3) is 0.0690. The molecular weight excluding hydrogens is 506 g/mol. The Bertz CT molecular complexity index is 1310. The quantitative estimate of drug-likeness (QED) is 0.161. The number of hydrogen-bond donors (Lipinski definition) is 1. The summed E-state index contributed by atoms with van der Waals surface area (Å²) in [6.07, 6.45) is -1.10. The largest absolute Gasteiger partial charge is 0.449 e. The summed E-state index contributed by atoms with van der Waals surface area (Å²) in [6.45, 7) is 0. The van der Waals surface area contributed by atoms with Gasteiger partial charge in [-0.2, -0.15) is 0 Å². The monoisotopic (exact) mass is 527 g/mol. The number of halogens is 1. The minimum atomic E-state index is -1.10. The van der Waals surface area contributed by atoms with Crippen molar-refractivity contribution in [2.24, 2.45) is 0 Å². The molecule has 0 fully saturated rings. The van der Waals surface area contributed by atoms with Crippen LogP contribution >= 0.6 is 15.9 Å². The summed E-state index contributed by atoms with van der Waals surface area (Å²) in [5.41, 5.74) is 2.40. The average molecular weight is 528 g/mol. The fourth-order valence-electron chi connectivity index (χ4n) is 3.52. The highest BCUT2D eigenvalue weighted by molar-refractivity contribution is 9.09. The zero-order chi connectivity index (χ0) is 24.6. The van der Waals surface area contributed by atoms with E-state index in [0.717, 1.165) is 5.56 Å². The van der Waals surface area contributed by atoms with Crippen LogP contribution < -0.4 is 5.32 Å². The Morgan fingerprint density at radius 1 is 0.657 bits per heavy atom. The second-order valence-electron chi connectivity index (χ2n) is 7.77. The summed E-state index contributed by atoms with van der Waals surface area (Å²) in [5, 5.41) is 2.78. The van der Waals surface area contributed by atoms with Gasteiger partial charge in [0.2, 0.25) is 5.78 Å². The topological polar surface area (TPSA) is 72.5 Å². The number of carbonyl (C=O) groups excluding carboxylic acids is 3. The Balaban J connectivity index is 1.56. The highest BCUT2D eigenvalue weighted by Gasteiger charge is 2.32. The van der Waals surface area contributed by atoms with Crippen LogP contribution in [-0.4, -0.2) is 23.8 Å². The van der Waals surface area contributed by atoms with Crippen LogP contribution in [0.3, 0.4) is 0 Å². The van der Waals surface area contributed by atoms with Crippen molar-refractivity contribution in [3.8, 4) is 0 Å². The van der Waals surface area contributed by atoms with Crippen LogP contribution in [0.1, 0.15) is 41.5 Å². The molecule has 0 aliphatic carbocycles. The van der Waals surface area contributed by atoms with Gasteiger partial charge in [0.25, 0.3) is 5.91 Å². The predicted octanol–water partition coefficient (Wildman–Crippen LogP) is 6.48. The van der Waals surface area contributed by atoms with Crippen LogP contribution in [0.25, 0.3) is 0 Å². The molecule has 4 aromatic rings. The van der Waals surface area contributed by atoms with Crippen molar-refractivity contribution in [3.05, 3.63) is 138 Å². The van der Waals surface area contributed by atoms with E-state index in [-0.39, 0.29) is 17.3 Å². The predicted molar refractivity (Wildman–Crippen MR) is 139 cm³/mol. The van der Waals surface area contributed by atoms with Gasteiger partial charge in [0, 0.05) is 16.8 Å². The number of carbonyl (C=O) groups is 3. The van der Waals surface area contributed by atoms with E-state index >= 15 is 0 Å². The first-order valence-electron chi connectivity index (χ1n) is 11.0. The summed E-state index contributed by atoms with van der Waals surface area (Å²) >= 11 is 3.57. The van der Waals surface area contributed by atoms with E-state index in [1.807, 2.05) is 42.5 Å². The minimum absolute atomic E-state index is 0.217. The summed E-state index contributed by atoms with van der Waals surface area (Å²) in [4.78, 5) is 38.4. The van der Waals surface area contributed by atoms with Crippen LogP contribution in [-0.2, 0) is 4.74 Å². The Labute approximate surface area is 211 Å². The molecule has 0 radical (unpaired) electrons. The van der Waals surface area contributed by atoms with Crippen molar-refractivity contribution < 1.29 is 19.1 Å². The van der Waals surface area contributed by atoms with Gasteiger partial charge in [0.1, 0.15) is 0 Å². The summed E-state index contributed by atoms with van der Waals surface area (Å²) in [7, 11) is 0. The number of amides is 1. The van der Waals surface area contributed by atoms with Gasteiger partial charge in [-0.15, -0.1) is 0 Å². The van der Waals surface area contributed by atoms with Crippen LogP contribution in [0, 0.1) is 0 Å². The third kappa shape index (κ3) is 6.11. The van der Waals surface area contributed by atoms with Gasteiger partial charge >= 0.3 is 5.97 Å². The number of nitrogens with one attached hydrogen (secondary N) is 1. The maximum absolute atomic E-state index is 13.3. The van der Waals surface area contributed by atoms with Gasteiger partial charge in [-0.05, 0) is 35.9 Å². The van der Waals surface area contributed by atoms with Crippen molar-refractivity contribution in [1.82, 2.24) is 0 Å². The molecule has 0 spiro atoms. The third-order valence-electron chi connectivity index (χ3n) is 5.33. The van der Waals surface area contributed by atoms with E-state index in [4.69, 9.17) is 4.74 Å². The number of Topliss-reactive ketones (excluding diaryl/α,β-unsaturated/α-hetero) is 1. The molecule has 0 aromatic heterocycles. The molecule has 1 N–H and O–H groups in total. The zero-order valence-corrected chi connectivity index (χ0v) is 20.2. The van der Waals surface area contributed by atoms with Crippen LogP contribution in [0.2, 0.25) is 0 Å². The minimum Gasteiger partial charge on any atom is -0.449 e. The molecule has 0 saturated heterocycles. The Morgan fingerprint density at radius 3 is 1.83 bits per heavy atom. The lowest BCUT2D eigenvalue weighted by Crippen LogP contribution is -2.31. The number of anilines is 1. The van der Waals surface area contributed by atoms with E-state index < -0.39 is 16.9 Å². The molecule has 0 saturated carbocycles. The average Bonchev–Trinajstić information content (AvgIpc) is 2.92. The molecule has 2 atom stereocenters. The number of esters is 1. The Hall–Kier alpha value is -4.03. The molecule has 4 rings (SSSR count). The fourth-order valence-corrected chi connectivity index (χ4v) is 4.18. The number of hydrogen-bond acceptors (Lipinski definition) is 4. The second kappa shape index (κ2) is 11.4. The van der Waals surface area contributed by atoms with Crippen molar-refractivity contribution in [2.75, 3.05) is 5.32 Å². The van der Waals surface area contributed by atoms with Crippen molar-refractivity contribution in [3.63, 3.8) is 0 Å². The first kappa shape index (κ1) is 24.1. The van der Waals surface area contributed by atoms with Crippen LogP contribution in [0.5, 0.6) is 0 Å². The number of alkyl halides is 1. The highest BCUT2D eigenvalue weighted by atomic mass is 79.9. The summed E-state index contributed by atoms with van der Waals surface area (Å²) < 4.78 is 5.77. The van der Waals surface area contributed by atoms with Gasteiger partial charge in [-0.1, -0.05) is 101 Å². The lowest BCUT2D eigenvalue weighted by Gasteiger charge is -2.22. The first-order chi connectivity index (χ1) is 17.0. The lowest BCUT2D eigenvalue weighted by molar-refractivity contribution is 0.0282. The lowest BCUT2D eigenvalue weighted by atomic mass is 9.99. The van der Waals surface area contributed by atoms with E-state index in [9.17, 15) is 14.4 Å². The molecule has 1 amide bonds. The number of ether oxygens (including phenoxy) is 1. The molecule has 0 heterocycles. The molecular formula is C29H22BrNO4.